The van der Waals surface area contributed by atoms with Crippen LogP contribution in [0.5, 0.6) is 0 Å². The molecular formula is C38H44N6O4. The number of rotatable bonds is 13. The molecule has 1 fully saturated rings. The first kappa shape index (κ1) is 34.3. The van der Waals surface area contributed by atoms with Gasteiger partial charge >= 0.3 is 5.97 Å². The van der Waals surface area contributed by atoms with Crippen LogP contribution in [0.15, 0.2) is 79.3 Å². The SMILES string of the molecule is CC[C@H](C)[C@@H](CN(CC(=O)N1CCC[C@@H]1C(=O)OC)Cc1cccc2ccccc12)N(C(C)=O)c1cncn1Cc1ccc(C#N)cc1. The molecule has 4 aromatic rings. The van der Waals surface area contributed by atoms with E-state index in [-0.39, 0.29) is 30.3 Å². The zero-order valence-electron chi connectivity index (χ0n) is 28.2. The van der Waals surface area contributed by atoms with E-state index in [2.05, 4.69) is 54.1 Å². The molecular weight excluding hydrogens is 604 g/mol. The maximum Gasteiger partial charge on any atom is 0.328 e. The molecule has 0 aliphatic carbocycles. The molecule has 2 amide bonds. The van der Waals surface area contributed by atoms with Gasteiger partial charge in [0.05, 0.1) is 50.4 Å². The van der Waals surface area contributed by atoms with Gasteiger partial charge in [-0.05, 0) is 52.8 Å². The van der Waals surface area contributed by atoms with Crippen molar-refractivity contribution in [2.45, 2.75) is 65.2 Å². The zero-order chi connectivity index (χ0) is 34.2. The molecule has 250 valence electrons. The van der Waals surface area contributed by atoms with Crippen molar-refractivity contribution in [2.75, 3.05) is 31.6 Å². The molecule has 0 spiro atoms. The predicted molar refractivity (Wildman–Crippen MR) is 185 cm³/mol. The minimum atomic E-state index is -0.586. The van der Waals surface area contributed by atoms with Crippen molar-refractivity contribution in [3.05, 3.63) is 95.9 Å². The lowest BCUT2D eigenvalue weighted by Gasteiger charge is -2.39. The number of esters is 1. The molecule has 10 heteroatoms. The molecule has 1 saturated heterocycles. The molecule has 0 radical (unpaired) electrons. The summed E-state index contributed by atoms with van der Waals surface area (Å²) in [6, 6.07) is 23.0. The zero-order valence-corrected chi connectivity index (χ0v) is 28.2. The van der Waals surface area contributed by atoms with Gasteiger partial charge in [0, 0.05) is 26.6 Å². The van der Waals surface area contributed by atoms with Crippen LogP contribution in [0, 0.1) is 17.2 Å². The molecule has 3 aromatic carbocycles. The highest BCUT2D eigenvalue weighted by atomic mass is 16.5. The number of hydrogen-bond donors (Lipinski definition) is 0. The second-order valence-corrected chi connectivity index (χ2v) is 12.6. The van der Waals surface area contributed by atoms with Crippen molar-refractivity contribution in [3.8, 4) is 6.07 Å². The molecule has 1 aliphatic rings. The van der Waals surface area contributed by atoms with E-state index < -0.39 is 12.0 Å². The molecule has 5 rings (SSSR count). The van der Waals surface area contributed by atoms with Crippen LogP contribution in [-0.4, -0.2) is 76.0 Å². The van der Waals surface area contributed by atoms with Gasteiger partial charge in [-0.15, -0.1) is 0 Å². The van der Waals surface area contributed by atoms with Crippen LogP contribution >= 0.6 is 0 Å². The summed E-state index contributed by atoms with van der Waals surface area (Å²) in [6.07, 6.45) is 5.57. The van der Waals surface area contributed by atoms with E-state index in [0.717, 1.165) is 34.7 Å². The smallest absolute Gasteiger partial charge is 0.328 e. The third-order valence-corrected chi connectivity index (χ3v) is 9.47. The predicted octanol–water partition coefficient (Wildman–Crippen LogP) is 5.39. The topological polar surface area (TPSA) is 112 Å². The number of aromatic nitrogens is 2. The molecule has 2 heterocycles. The van der Waals surface area contributed by atoms with E-state index in [4.69, 9.17) is 4.74 Å². The summed E-state index contributed by atoms with van der Waals surface area (Å²) in [5, 5.41) is 11.4. The summed E-state index contributed by atoms with van der Waals surface area (Å²) in [7, 11) is 1.36. The van der Waals surface area contributed by atoms with E-state index in [1.165, 1.54) is 7.11 Å². The minimum absolute atomic E-state index is 0.0758. The number of anilines is 1. The number of amides is 2. The van der Waals surface area contributed by atoms with E-state index in [0.29, 0.717) is 44.0 Å². The van der Waals surface area contributed by atoms with Gasteiger partial charge in [0.15, 0.2) is 0 Å². The molecule has 1 aromatic heterocycles. The number of nitrogens with zero attached hydrogens (tertiary/aromatic N) is 6. The fourth-order valence-corrected chi connectivity index (χ4v) is 6.72. The summed E-state index contributed by atoms with van der Waals surface area (Å²) in [5.74, 6) is 0.0953. The number of hydrogen-bond acceptors (Lipinski definition) is 7. The number of benzene rings is 3. The summed E-state index contributed by atoms with van der Waals surface area (Å²) in [4.78, 5) is 50.1. The van der Waals surface area contributed by atoms with Crippen molar-refractivity contribution in [2.24, 2.45) is 5.92 Å². The Balaban J connectivity index is 1.49. The Morgan fingerprint density at radius 2 is 1.83 bits per heavy atom. The van der Waals surface area contributed by atoms with Gasteiger partial charge in [-0.2, -0.15) is 5.26 Å². The molecule has 48 heavy (non-hydrogen) atoms. The number of ether oxygens (including phenoxy) is 1. The first-order valence-electron chi connectivity index (χ1n) is 16.6. The summed E-state index contributed by atoms with van der Waals surface area (Å²) >= 11 is 0. The quantitative estimate of drug-likeness (QED) is 0.179. The first-order valence-corrected chi connectivity index (χ1v) is 16.6. The molecule has 3 atom stereocenters. The van der Waals surface area contributed by atoms with Gasteiger partial charge in [0.1, 0.15) is 11.9 Å². The average molecular weight is 649 g/mol. The van der Waals surface area contributed by atoms with Crippen LogP contribution in [0.4, 0.5) is 5.82 Å². The Morgan fingerprint density at radius 3 is 2.54 bits per heavy atom. The molecule has 0 unspecified atom stereocenters. The lowest BCUT2D eigenvalue weighted by Crippen LogP contribution is -2.52. The normalized spacial score (nSPS) is 15.7. The van der Waals surface area contributed by atoms with Crippen molar-refractivity contribution in [3.63, 3.8) is 0 Å². The maximum atomic E-state index is 14.0. The average Bonchev–Trinajstić information content (AvgIpc) is 3.78. The standard InChI is InChI=1S/C38H44N6O4/c1-5-27(2)35(44(28(3)45)36-21-40-26-42(36)22-30-17-15-29(20-39)16-18-30)24-41(23-32-12-8-11-31-10-6-7-13-33(31)32)25-37(46)43-19-9-14-34(43)38(47)48-4/h6-8,10-13,15-18,21,26-27,34-35H,5,9,14,19,22-25H2,1-4H3/t27-,34+,35+/m0/s1. The van der Waals surface area contributed by atoms with Crippen LogP contribution in [-0.2, 0) is 32.2 Å². The fourth-order valence-electron chi connectivity index (χ4n) is 6.72. The van der Waals surface area contributed by atoms with E-state index >= 15 is 0 Å². The number of carbonyl (C=O) groups excluding carboxylic acids is 3. The number of nitriles is 1. The van der Waals surface area contributed by atoms with Crippen molar-refractivity contribution < 1.29 is 19.1 Å². The van der Waals surface area contributed by atoms with Gasteiger partial charge in [-0.25, -0.2) is 9.78 Å². The Kier molecular flexibility index (Phi) is 11.2. The second kappa shape index (κ2) is 15.7. The number of carbonyl (C=O) groups is 3. The van der Waals surface area contributed by atoms with Crippen LogP contribution in [0.2, 0.25) is 0 Å². The number of imidazole rings is 1. The maximum absolute atomic E-state index is 14.0. The fraction of sp³-hybridized carbons (Fsp3) is 0.395. The highest BCUT2D eigenvalue weighted by Crippen LogP contribution is 2.28. The lowest BCUT2D eigenvalue weighted by molar-refractivity contribution is -0.151. The third kappa shape index (κ3) is 7.75. The van der Waals surface area contributed by atoms with Gasteiger partial charge in [0.25, 0.3) is 0 Å². The Bertz CT molecular complexity index is 1770. The lowest BCUT2D eigenvalue weighted by atomic mass is 9.96. The first-order chi connectivity index (χ1) is 23.2. The highest BCUT2D eigenvalue weighted by Gasteiger charge is 2.37. The number of likely N-dealkylation sites (tertiary alicyclic amines) is 1. The third-order valence-electron chi connectivity index (χ3n) is 9.47. The second-order valence-electron chi connectivity index (χ2n) is 12.6. The Labute approximate surface area is 282 Å². The Morgan fingerprint density at radius 1 is 1.08 bits per heavy atom. The van der Waals surface area contributed by atoms with Crippen molar-refractivity contribution in [1.82, 2.24) is 19.4 Å². The van der Waals surface area contributed by atoms with Crippen LogP contribution in [0.1, 0.15) is 56.7 Å². The molecule has 1 aliphatic heterocycles. The van der Waals surface area contributed by atoms with Gasteiger partial charge in [0.2, 0.25) is 11.8 Å². The summed E-state index contributed by atoms with van der Waals surface area (Å²) < 4.78 is 6.97. The minimum Gasteiger partial charge on any atom is -0.467 e. The van der Waals surface area contributed by atoms with Crippen molar-refractivity contribution in [1.29, 1.82) is 5.26 Å². The van der Waals surface area contributed by atoms with Gasteiger partial charge in [-0.3, -0.25) is 19.4 Å². The van der Waals surface area contributed by atoms with E-state index in [9.17, 15) is 19.6 Å². The molecule has 0 saturated carbocycles. The van der Waals surface area contributed by atoms with Gasteiger partial charge in [-0.1, -0.05) is 74.9 Å². The van der Waals surface area contributed by atoms with E-state index in [1.807, 2.05) is 39.8 Å². The Hall–Kier alpha value is -5.01. The molecule has 10 nitrogen and oxygen atoms in total. The largest absolute Gasteiger partial charge is 0.467 e. The van der Waals surface area contributed by atoms with Crippen molar-refractivity contribution >= 4 is 34.4 Å². The number of fused-ring (bicyclic) bond motifs is 1. The van der Waals surface area contributed by atoms with Crippen LogP contribution < -0.4 is 4.90 Å². The summed E-state index contributed by atoms with van der Waals surface area (Å²) in [5.41, 5.74) is 2.64. The molecule has 0 N–H and O–H groups in total. The monoisotopic (exact) mass is 648 g/mol. The van der Waals surface area contributed by atoms with Crippen LogP contribution in [0.3, 0.4) is 0 Å². The van der Waals surface area contributed by atoms with Crippen LogP contribution in [0.25, 0.3) is 10.8 Å². The number of methoxy groups -OCH3 is 1. The molecule has 0 bridgehead atoms. The summed E-state index contributed by atoms with van der Waals surface area (Å²) in [6.45, 7) is 7.77. The van der Waals surface area contributed by atoms with E-state index in [1.54, 1.807) is 36.5 Å². The van der Waals surface area contributed by atoms with Gasteiger partial charge < -0.3 is 14.2 Å². The highest BCUT2D eigenvalue weighted by molar-refractivity contribution is 5.91.